The number of phenolic OH excluding ortho intramolecular Hbond substituents is 2. The molecule has 136 valence electrons. The van der Waals surface area contributed by atoms with E-state index in [2.05, 4.69) is 9.05 Å². The van der Waals surface area contributed by atoms with Gasteiger partial charge in [-0.1, -0.05) is 0 Å². The van der Waals surface area contributed by atoms with E-state index in [1.807, 2.05) is 0 Å². The molecule has 1 aliphatic carbocycles. The summed E-state index contributed by atoms with van der Waals surface area (Å²) in [7, 11) is -1.70. The molecule has 0 saturated heterocycles. The van der Waals surface area contributed by atoms with Crippen LogP contribution in [0.3, 0.4) is 0 Å². The fourth-order valence-corrected chi connectivity index (χ4v) is 3.47. The number of carbonyl (C=O) groups is 2. The van der Waals surface area contributed by atoms with Crippen LogP contribution in [0.2, 0.25) is 0 Å². The number of aryl methyl sites for hydroxylation is 1. The van der Waals surface area contributed by atoms with Gasteiger partial charge in [-0.15, -0.1) is 0 Å². The number of rotatable bonds is 4. The molecule has 0 fully saturated rings. The first kappa shape index (κ1) is 18.1. The van der Waals surface area contributed by atoms with Gasteiger partial charge in [-0.3, -0.25) is 18.6 Å². The topological polar surface area (TPSA) is 119 Å². The number of phosphoric ester groups is 1. The summed E-state index contributed by atoms with van der Waals surface area (Å²) in [5, 5.41) is 20.3. The number of ketones is 2. The van der Waals surface area contributed by atoms with Crippen molar-refractivity contribution >= 4 is 19.4 Å². The predicted molar refractivity (Wildman–Crippen MR) is 90.1 cm³/mol. The van der Waals surface area contributed by atoms with Gasteiger partial charge in [0.05, 0.1) is 11.1 Å². The largest absolute Gasteiger partial charge is 0.529 e. The van der Waals surface area contributed by atoms with Crippen LogP contribution in [0, 0.1) is 6.92 Å². The van der Waals surface area contributed by atoms with E-state index in [0.717, 1.165) is 20.3 Å². The van der Waals surface area contributed by atoms with Gasteiger partial charge in [-0.05, 0) is 30.7 Å². The molecule has 0 unspecified atom stereocenters. The van der Waals surface area contributed by atoms with E-state index in [1.165, 1.54) is 18.2 Å². The number of benzene rings is 2. The normalized spacial score (nSPS) is 13.3. The Morgan fingerprint density at radius 3 is 1.96 bits per heavy atom. The maximum absolute atomic E-state index is 12.8. The minimum Gasteiger partial charge on any atom is -0.507 e. The molecule has 3 rings (SSSR count). The minimum absolute atomic E-state index is 0.0122. The van der Waals surface area contributed by atoms with Gasteiger partial charge in [-0.25, -0.2) is 4.57 Å². The van der Waals surface area contributed by atoms with Gasteiger partial charge in [0.15, 0.2) is 5.78 Å². The lowest BCUT2D eigenvalue weighted by Crippen LogP contribution is -2.21. The highest BCUT2D eigenvalue weighted by molar-refractivity contribution is 7.48. The van der Waals surface area contributed by atoms with Crippen LogP contribution in [0.1, 0.15) is 37.4 Å². The first-order chi connectivity index (χ1) is 12.2. The minimum atomic E-state index is -3.92. The second kappa shape index (κ2) is 6.25. The molecule has 26 heavy (non-hydrogen) atoms. The zero-order valence-corrected chi connectivity index (χ0v) is 15.0. The molecular weight excluding hydrogens is 363 g/mol. The monoisotopic (exact) mass is 378 g/mol. The van der Waals surface area contributed by atoms with Crippen molar-refractivity contribution in [3.8, 4) is 17.2 Å². The lowest BCUT2D eigenvalue weighted by Gasteiger charge is -2.21. The van der Waals surface area contributed by atoms with Crippen molar-refractivity contribution in [2.75, 3.05) is 14.2 Å². The van der Waals surface area contributed by atoms with E-state index >= 15 is 0 Å². The van der Waals surface area contributed by atoms with Crippen molar-refractivity contribution < 1.29 is 37.9 Å². The molecule has 0 spiro atoms. The van der Waals surface area contributed by atoms with E-state index in [9.17, 15) is 24.4 Å². The molecule has 0 aromatic heterocycles. The molecule has 0 bridgehead atoms. The summed E-state index contributed by atoms with van der Waals surface area (Å²) in [6, 6.07) is 5.02. The van der Waals surface area contributed by atoms with Crippen molar-refractivity contribution in [3.63, 3.8) is 0 Å². The average molecular weight is 378 g/mol. The molecule has 0 radical (unpaired) electrons. The zero-order valence-electron chi connectivity index (χ0n) is 14.1. The molecule has 2 N–H and O–H groups in total. The molecule has 0 aliphatic heterocycles. The SMILES string of the molecule is COP(=O)(OC)Oc1cc(O)c2c(c1)C(=O)c1cc(C)cc(O)c1C2=O. The average Bonchev–Trinajstić information content (AvgIpc) is 2.58. The Bertz CT molecular complexity index is 987. The van der Waals surface area contributed by atoms with Gasteiger partial charge in [0.2, 0.25) is 5.78 Å². The van der Waals surface area contributed by atoms with Crippen LogP contribution in [0.15, 0.2) is 24.3 Å². The summed E-state index contributed by atoms with van der Waals surface area (Å²) in [4.78, 5) is 25.5. The summed E-state index contributed by atoms with van der Waals surface area (Å²) in [6.07, 6.45) is 0. The summed E-state index contributed by atoms with van der Waals surface area (Å²) in [5.41, 5.74) is 0.0282. The molecular formula is C17H15O8P. The number of phenols is 2. The van der Waals surface area contributed by atoms with Crippen LogP contribution in [-0.2, 0) is 13.6 Å². The smallest absolute Gasteiger partial charge is 0.507 e. The van der Waals surface area contributed by atoms with Crippen LogP contribution in [0.4, 0.5) is 0 Å². The quantitative estimate of drug-likeness (QED) is 0.665. The highest BCUT2D eigenvalue weighted by atomic mass is 31.2. The Balaban J connectivity index is 2.18. The first-order valence-corrected chi connectivity index (χ1v) is 8.88. The Morgan fingerprint density at radius 2 is 1.38 bits per heavy atom. The Hall–Kier alpha value is -2.67. The number of carbonyl (C=O) groups excluding carboxylic acids is 2. The van der Waals surface area contributed by atoms with Gasteiger partial charge in [0.1, 0.15) is 17.2 Å². The zero-order chi connectivity index (χ0) is 19.2. The molecule has 0 amide bonds. The number of aromatic hydroxyl groups is 2. The molecule has 0 atom stereocenters. The van der Waals surface area contributed by atoms with Crippen molar-refractivity contribution in [3.05, 3.63) is 52.1 Å². The summed E-state index contributed by atoms with van der Waals surface area (Å²) < 4.78 is 26.5. The van der Waals surface area contributed by atoms with Gasteiger partial charge in [0.25, 0.3) is 0 Å². The van der Waals surface area contributed by atoms with Crippen molar-refractivity contribution in [2.45, 2.75) is 6.92 Å². The van der Waals surface area contributed by atoms with E-state index < -0.39 is 25.1 Å². The van der Waals surface area contributed by atoms with E-state index in [0.29, 0.717) is 5.56 Å². The summed E-state index contributed by atoms with van der Waals surface area (Å²) >= 11 is 0. The van der Waals surface area contributed by atoms with Gasteiger partial charge in [-0.2, -0.15) is 0 Å². The third-order valence-corrected chi connectivity index (χ3v) is 5.29. The molecule has 2 aromatic carbocycles. The van der Waals surface area contributed by atoms with Gasteiger partial charge in [0, 0.05) is 31.4 Å². The lowest BCUT2D eigenvalue weighted by atomic mass is 9.82. The maximum atomic E-state index is 12.8. The van der Waals surface area contributed by atoms with Crippen LogP contribution in [0.25, 0.3) is 0 Å². The number of hydrogen-bond donors (Lipinski definition) is 2. The van der Waals surface area contributed by atoms with Gasteiger partial charge >= 0.3 is 7.82 Å². The summed E-state index contributed by atoms with van der Waals surface area (Å²) in [5.74, 6) is -2.35. The third kappa shape index (κ3) is 2.78. The second-order valence-corrected chi connectivity index (χ2v) is 7.44. The number of hydrogen-bond acceptors (Lipinski definition) is 8. The van der Waals surface area contributed by atoms with Crippen molar-refractivity contribution in [2.24, 2.45) is 0 Å². The van der Waals surface area contributed by atoms with Crippen LogP contribution < -0.4 is 4.52 Å². The molecule has 0 heterocycles. The van der Waals surface area contributed by atoms with Crippen molar-refractivity contribution in [1.29, 1.82) is 0 Å². The Kier molecular flexibility index (Phi) is 4.36. The van der Waals surface area contributed by atoms with E-state index in [-0.39, 0.29) is 33.8 Å². The fraction of sp³-hybridized carbons (Fsp3) is 0.176. The molecule has 0 saturated carbocycles. The highest BCUT2D eigenvalue weighted by Crippen LogP contribution is 2.49. The van der Waals surface area contributed by atoms with Crippen LogP contribution >= 0.6 is 7.82 Å². The summed E-state index contributed by atoms with van der Waals surface area (Å²) in [6.45, 7) is 1.66. The number of phosphoric acid groups is 1. The van der Waals surface area contributed by atoms with Crippen LogP contribution in [-0.4, -0.2) is 36.0 Å². The van der Waals surface area contributed by atoms with E-state index in [1.54, 1.807) is 6.92 Å². The second-order valence-electron chi connectivity index (χ2n) is 5.63. The predicted octanol–water partition coefficient (Wildman–Crippen LogP) is 2.96. The Morgan fingerprint density at radius 1 is 0.846 bits per heavy atom. The first-order valence-electron chi connectivity index (χ1n) is 7.42. The standard InChI is InChI=1S/C17H15O8P/c1-8-4-10-14(12(18)5-8)17(21)15-11(16(10)20)6-9(7-13(15)19)25-26(22,23-2)24-3/h4-7,18-19H,1-3H3. The van der Waals surface area contributed by atoms with Gasteiger partial charge < -0.3 is 14.7 Å². The molecule has 2 aromatic rings. The molecule has 8 nitrogen and oxygen atoms in total. The Labute approximate surface area is 148 Å². The maximum Gasteiger partial charge on any atom is 0.529 e. The fourth-order valence-electron chi connectivity index (χ4n) is 2.80. The van der Waals surface area contributed by atoms with Crippen LogP contribution in [0.5, 0.6) is 17.2 Å². The molecule has 9 heteroatoms. The highest BCUT2D eigenvalue weighted by Gasteiger charge is 2.36. The lowest BCUT2D eigenvalue weighted by molar-refractivity contribution is 0.0974. The van der Waals surface area contributed by atoms with E-state index in [4.69, 9.17) is 4.52 Å². The third-order valence-electron chi connectivity index (χ3n) is 3.96. The molecule has 1 aliphatic rings. The number of fused-ring (bicyclic) bond motifs is 2. The van der Waals surface area contributed by atoms with Crippen molar-refractivity contribution in [1.82, 2.24) is 0 Å².